The van der Waals surface area contributed by atoms with Gasteiger partial charge >= 0.3 is 0 Å². The average Bonchev–Trinajstić information content (AvgIpc) is 2.13. The van der Waals surface area contributed by atoms with E-state index in [0.717, 1.165) is 24.7 Å². The van der Waals surface area contributed by atoms with Crippen molar-refractivity contribution in [1.29, 1.82) is 0 Å². The van der Waals surface area contributed by atoms with Gasteiger partial charge in [0, 0.05) is 10.2 Å². The Bertz CT molecular complexity index is 288. The third-order valence-electron chi connectivity index (χ3n) is 5.04. The Morgan fingerprint density at radius 3 is 2.40 bits per heavy atom. The van der Waals surface area contributed by atoms with Gasteiger partial charge in [-0.2, -0.15) is 0 Å². The molecule has 4 bridgehead atoms. The van der Waals surface area contributed by atoms with E-state index in [2.05, 4.69) is 22.9 Å². The van der Waals surface area contributed by atoms with Gasteiger partial charge in [-0.1, -0.05) is 22.9 Å². The molecule has 0 heterocycles. The molecule has 3 atom stereocenters. The lowest BCUT2D eigenvalue weighted by Gasteiger charge is -2.62. The van der Waals surface area contributed by atoms with Crippen molar-refractivity contribution in [3.05, 3.63) is 0 Å². The van der Waals surface area contributed by atoms with Crippen LogP contribution in [0.15, 0.2) is 0 Å². The first-order chi connectivity index (χ1) is 7.08. The lowest BCUT2D eigenvalue weighted by Crippen LogP contribution is -2.63. The summed E-state index contributed by atoms with van der Waals surface area (Å²) in [6, 6.07) is 0. The van der Waals surface area contributed by atoms with Crippen LogP contribution in [0.2, 0.25) is 0 Å². The number of rotatable bonds is 2. The quantitative estimate of drug-likeness (QED) is 0.571. The molecule has 0 aromatic rings. The molecule has 0 amide bonds. The van der Waals surface area contributed by atoms with Crippen LogP contribution < -0.4 is 0 Å². The van der Waals surface area contributed by atoms with Gasteiger partial charge < -0.3 is 4.74 Å². The number of hydrogen-bond donors (Lipinski definition) is 0. The fourth-order valence-corrected chi connectivity index (χ4v) is 5.86. The van der Waals surface area contributed by atoms with Crippen LogP contribution in [0.25, 0.3) is 0 Å². The molecule has 0 aromatic heterocycles. The van der Waals surface area contributed by atoms with Crippen molar-refractivity contribution in [2.24, 2.45) is 17.8 Å². The first-order valence-electron chi connectivity index (χ1n) is 5.88. The van der Waals surface area contributed by atoms with Crippen molar-refractivity contribution in [2.75, 3.05) is 0 Å². The molecule has 0 aliphatic heterocycles. The van der Waals surface area contributed by atoms with Crippen LogP contribution in [0.1, 0.15) is 39.0 Å². The highest BCUT2D eigenvalue weighted by atomic mass is 79.9. The summed E-state index contributed by atoms with van der Waals surface area (Å²) in [5.74, 6) is 2.00. The zero-order valence-corrected chi connectivity index (χ0v) is 10.6. The first-order valence-corrected chi connectivity index (χ1v) is 6.68. The smallest absolute Gasteiger partial charge is 0.293 e. The molecule has 4 aliphatic carbocycles. The van der Waals surface area contributed by atoms with Crippen molar-refractivity contribution in [1.82, 2.24) is 0 Å². The maximum absolute atomic E-state index is 10.7. The van der Waals surface area contributed by atoms with Crippen molar-refractivity contribution < 1.29 is 9.53 Å². The topological polar surface area (TPSA) is 26.3 Å². The molecule has 15 heavy (non-hydrogen) atoms. The number of ether oxygens (including phenoxy) is 1. The predicted molar refractivity (Wildman–Crippen MR) is 60.8 cm³/mol. The fraction of sp³-hybridized carbons (Fsp3) is 0.917. The highest BCUT2D eigenvalue weighted by Gasteiger charge is 2.62. The van der Waals surface area contributed by atoms with E-state index in [1.807, 2.05) is 0 Å². The largest absolute Gasteiger partial charge is 0.461 e. The third-order valence-corrected chi connectivity index (χ3v) is 6.37. The zero-order valence-electron chi connectivity index (χ0n) is 9.04. The lowest BCUT2D eigenvalue weighted by atomic mass is 9.50. The number of carbonyl (C=O) groups is 1. The van der Waals surface area contributed by atoms with Gasteiger partial charge in [-0.15, -0.1) is 0 Å². The van der Waals surface area contributed by atoms with Crippen molar-refractivity contribution in [3.8, 4) is 0 Å². The van der Waals surface area contributed by atoms with Crippen LogP contribution in [0.5, 0.6) is 0 Å². The Balaban J connectivity index is 1.99. The third kappa shape index (κ3) is 1.25. The standard InChI is InChI=1S/C12H17BrO2/c1-8-11(13)3-9-2-10(4-11)6-12(8,5-9)15-7-14/h7-10H,2-6H2,1H3. The summed E-state index contributed by atoms with van der Waals surface area (Å²) in [5.41, 5.74) is -0.144. The van der Waals surface area contributed by atoms with E-state index in [1.165, 1.54) is 19.3 Å². The molecule has 4 saturated carbocycles. The molecule has 3 unspecified atom stereocenters. The molecule has 4 aliphatic rings. The van der Waals surface area contributed by atoms with Gasteiger partial charge in [0.15, 0.2) is 0 Å². The summed E-state index contributed by atoms with van der Waals surface area (Å²) >= 11 is 3.93. The van der Waals surface area contributed by atoms with Crippen LogP contribution >= 0.6 is 15.9 Å². The van der Waals surface area contributed by atoms with Gasteiger partial charge in [0.25, 0.3) is 6.47 Å². The van der Waals surface area contributed by atoms with Gasteiger partial charge in [0.1, 0.15) is 5.60 Å². The van der Waals surface area contributed by atoms with Crippen LogP contribution in [-0.4, -0.2) is 16.4 Å². The highest BCUT2D eigenvalue weighted by molar-refractivity contribution is 9.10. The maximum Gasteiger partial charge on any atom is 0.293 e. The van der Waals surface area contributed by atoms with E-state index in [1.54, 1.807) is 0 Å². The lowest BCUT2D eigenvalue weighted by molar-refractivity contribution is -0.186. The number of alkyl halides is 1. The van der Waals surface area contributed by atoms with E-state index in [4.69, 9.17) is 4.74 Å². The minimum absolute atomic E-state index is 0.144. The minimum Gasteiger partial charge on any atom is -0.461 e. The molecule has 4 rings (SSSR count). The maximum atomic E-state index is 10.7. The Labute approximate surface area is 98.9 Å². The second kappa shape index (κ2) is 2.99. The molecular formula is C12H17BrO2. The monoisotopic (exact) mass is 272 g/mol. The molecule has 0 spiro atoms. The fourth-order valence-electron chi connectivity index (χ4n) is 4.53. The molecule has 0 aromatic carbocycles. The van der Waals surface area contributed by atoms with Gasteiger partial charge in [-0.05, 0) is 43.9 Å². The van der Waals surface area contributed by atoms with Crippen molar-refractivity contribution in [3.63, 3.8) is 0 Å². The van der Waals surface area contributed by atoms with Gasteiger partial charge in [-0.25, -0.2) is 0 Å². The molecule has 84 valence electrons. The SMILES string of the molecule is CC1C2(Br)CC3CC(C2)CC1(OC=O)C3. The Morgan fingerprint density at radius 2 is 1.87 bits per heavy atom. The molecule has 0 N–H and O–H groups in total. The van der Waals surface area contributed by atoms with E-state index in [-0.39, 0.29) is 9.93 Å². The molecule has 2 nitrogen and oxygen atoms in total. The van der Waals surface area contributed by atoms with E-state index in [9.17, 15) is 4.79 Å². The molecular weight excluding hydrogens is 256 g/mol. The minimum atomic E-state index is -0.144. The van der Waals surface area contributed by atoms with Gasteiger partial charge in [0.2, 0.25) is 0 Å². The van der Waals surface area contributed by atoms with E-state index < -0.39 is 0 Å². The Hall–Kier alpha value is -0.0500. The van der Waals surface area contributed by atoms with E-state index >= 15 is 0 Å². The second-order valence-corrected chi connectivity index (χ2v) is 7.40. The van der Waals surface area contributed by atoms with E-state index in [0.29, 0.717) is 12.4 Å². The normalized spacial score (nSPS) is 56.8. The second-order valence-electron chi connectivity index (χ2n) is 5.82. The van der Waals surface area contributed by atoms with Crippen LogP contribution in [0.4, 0.5) is 0 Å². The summed E-state index contributed by atoms with van der Waals surface area (Å²) in [7, 11) is 0. The summed E-state index contributed by atoms with van der Waals surface area (Å²) in [6.45, 7) is 2.91. The average molecular weight is 273 g/mol. The van der Waals surface area contributed by atoms with Crippen LogP contribution in [0.3, 0.4) is 0 Å². The number of halogens is 1. The van der Waals surface area contributed by atoms with Gasteiger partial charge in [-0.3, -0.25) is 4.79 Å². The van der Waals surface area contributed by atoms with Crippen molar-refractivity contribution in [2.45, 2.75) is 49.0 Å². The summed E-state index contributed by atoms with van der Waals surface area (Å²) in [4.78, 5) is 10.7. The van der Waals surface area contributed by atoms with Gasteiger partial charge in [0.05, 0.1) is 0 Å². The molecule has 3 heteroatoms. The van der Waals surface area contributed by atoms with Crippen LogP contribution in [-0.2, 0) is 9.53 Å². The molecule has 0 radical (unpaired) electrons. The summed E-state index contributed by atoms with van der Waals surface area (Å²) < 4.78 is 5.76. The predicted octanol–water partition coefficient (Wildman–Crippen LogP) is 2.89. The highest BCUT2D eigenvalue weighted by Crippen LogP contribution is 2.64. The Kier molecular flexibility index (Phi) is 2.02. The Morgan fingerprint density at radius 1 is 1.27 bits per heavy atom. The summed E-state index contributed by atoms with van der Waals surface area (Å²) in [5, 5.41) is 0. The number of carbonyl (C=O) groups excluding carboxylic acids is 1. The first kappa shape index (κ1) is 10.1. The summed E-state index contributed by atoms with van der Waals surface area (Å²) in [6.07, 6.45) is 6.08. The molecule has 4 fully saturated rings. The molecule has 0 saturated heterocycles. The van der Waals surface area contributed by atoms with Crippen molar-refractivity contribution >= 4 is 22.4 Å². The van der Waals surface area contributed by atoms with Crippen LogP contribution in [0, 0.1) is 17.8 Å². The zero-order chi connectivity index (χ0) is 10.7. The number of hydrogen-bond acceptors (Lipinski definition) is 2.